The van der Waals surface area contributed by atoms with Crippen molar-refractivity contribution in [1.29, 1.82) is 0 Å². The number of hydrogen-bond acceptors (Lipinski definition) is 8. The number of nitrogens with one attached hydrogen (secondary N) is 4. The highest BCUT2D eigenvalue weighted by atomic mass is 16.4. The van der Waals surface area contributed by atoms with E-state index < -0.39 is 73.0 Å². The molecule has 0 aliphatic carbocycles. The van der Waals surface area contributed by atoms with Crippen LogP contribution in [-0.4, -0.2) is 91.9 Å². The molecule has 0 saturated carbocycles. The van der Waals surface area contributed by atoms with Crippen LogP contribution >= 0.6 is 0 Å². The number of rotatable bonds is 14. The Bertz CT molecular complexity index is 1130. The number of carboxylic acid groups (broad SMARTS) is 2. The van der Waals surface area contributed by atoms with Crippen molar-refractivity contribution in [2.45, 2.75) is 56.5 Å². The van der Waals surface area contributed by atoms with Gasteiger partial charge in [0.2, 0.25) is 17.7 Å². The van der Waals surface area contributed by atoms with Gasteiger partial charge in [0, 0.05) is 29.9 Å². The molecule has 0 bridgehead atoms. The molecule has 1 aromatic heterocycles. The number of benzene rings is 1. The molecule has 14 nitrogen and oxygen atoms in total. The zero-order valence-corrected chi connectivity index (χ0v) is 20.0. The third-order valence-corrected chi connectivity index (χ3v) is 5.59. The molecule has 2 rings (SSSR count). The molecule has 3 amide bonds. The van der Waals surface area contributed by atoms with Gasteiger partial charge in [0.25, 0.3) is 0 Å². The molecule has 14 heteroatoms. The molecule has 2 aromatic rings. The van der Waals surface area contributed by atoms with Gasteiger partial charge in [-0.3, -0.25) is 19.2 Å². The van der Waals surface area contributed by atoms with Crippen molar-refractivity contribution in [2.75, 3.05) is 6.61 Å². The molecule has 202 valence electrons. The smallest absolute Gasteiger partial charge is 0.328 e. The van der Waals surface area contributed by atoms with E-state index in [0.29, 0.717) is 5.56 Å². The Morgan fingerprint density at radius 1 is 0.973 bits per heavy atom. The Hall–Kier alpha value is -4.01. The number of carboxylic acids is 2. The zero-order chi connectivity index (χ0) is 27.7. The van der Waals surface area contributed by atoms with Gasteiger partial charge < -0.3 is 47.1 Å². The molecule has 0 aliphatic rings. The molecule has 37 heavy (non-hydrogen) atoms. The zero-order valence-electron chi connectivity index (χ0n) is 20.0. The fraction of sp³-hybridized carbons (Fsp3) is 0.435. The van der Waals surface area contributed by atoms with Crippen molar-refractivity contribution in [3.63, 3.8) is 0 Å². The maximum absolute atomic E-state index is 13.1. The van der Waals surface area contributed by atoms with Crippen molar-refractivity contribution >= 4 is 40.6 Å². The minimum Gasteiger partial charge on any atom is -0.481 e. The van der Waals surface area contributed by atoms with Crippen LogP contribution in [0.1, 0.15) is 25.3 Å². The largest absolute Gasteiger partial charge is 0.481 e. The second kappa shape index (κ2) is 13.3. The van der Waals surface area contributed by atoms with Gasteiger partial charge in [-0.1, -0.05) is 18.2 Å². The average Bonchev–Trinajstić information content (AvgIpc) is 3.25. The lowest BCUT2D eigenvalue weighted by Crippen LogP contribution is -2.59. The first-order valence-corrected chi connectivity index (χ1v) is 11.4. The minimum absolute atomic E-state index is 0.108. The number of hydrogen-bond donors (Lipinski definition) is 9. The highest BCUT2D eigenvalue weighted by Crippen LogP contribution is 2.19. The van der Waals surface area contributed by atoms with Gasteiger partial charge in [0.1, 0.15) is 18.1 Å². The summed E-state index contributed by atoms with van der Waals surface area (Å²) in [6, 6.07) is 1.30. The van der Waals surface area contributed by atoms with Gasteiger partial charge in [0.05, 0.1) is 12.7 Å². The topological polar surface area (TPSA) is 244 Å². The van der Waals surface area contributed by atoms with Crippen LogP contribution in [0.4, 0.5) is 0 Å². The van der Waals surface area contributed by atoms with Crippen LogP contribution in [-0.2, 0) is 30.4 Å². The monoisotopic (exact) mass is 521 g/mol. The summed E-state index contributed by atoms with van der Waals surface area (Å²) in [4.78, 5) is 63.9. The number of aliphatic hydroxyl groups is 2. The Kier molecular flexibility index (Phi) is 10.5. The van der Waals surface area contributed by atoms with Gasteiger partial charge in [-0.25, -0.2) is 4.79 Å². The molecule has 0 aliphatic heterocycles. The molecule has 10 N–H and O–H groups in total. The van der Waals surface area contributed by atoms with Crippen LogP contribution in [0.5, 0.6) is 0 Å². The molecule has 1 heterocycles. The predicted octanol–water partition coefficient (Wildman–Crippen LogP) is -2.19. The molecule has 5 unspecified atom stereocenters. The number of aliphatic hydroxyl groups excluding tert-OH is 2. The quantitative estimate of drug-likeness (QED) is 0.130. The third kappa shape index (κ3) is 8.27. The van der Waals surface area contributed by atoms with Crippen LogP contribution in [0.25, 0.3) is 10.9 Å². The Labute approximate surface area is 211 Å². The van der Waals surface area contributed by atoms with Gasteiger partial charge in [-0.05, 0) is 25.0 Å². The minimum atomic E-state index is -1.67. The van der Waals surface area contributed by atoms with Crippen LogP contribution < -0.4 is 21.7 Å². The van der Waals surface area contributed by atoms with E-state index in [-0.39, 0.29) is 12.8 Å². The van der Waals surface area contributed by atoms with Crippen molar-refractivity contribution in [3.8, 4) is 0 Å². The van der Waals surface area contributed by atoms with E-state index in [1.54, 1.807) is 30.5 Å². The van der Waals surface area contributed by atoms with E-state index in [2.05, 4.69) is 20.9 Å². The van der Waals surface area contributed by atoms with Crippen molar-refractivity contribution in [1.82, 2.24) is 20.9 Å². The fourth-order valence-electron chi connectivity index (χ4n) is 3.54. The van der Waals surface area contributed by atoms with Gasteiger partial charge >= 0.3 is 11.9 Å². The first kappa shape index (κ1) is 29.2. The number of para-hydroxylation sites is 1. The number of amides is 3. The number of aromatic nitrogens is 1. The summed E-state index contributed by atoms with van der Waals surface area (Å²) in [5.74, 6) is -5.50. The fourth-order valence-corrected chi connectivity index (χ4v) is 3.54. The van der Waals surface area contributed by atoms with E-state index in [1.807, 2.05) is 0 Å². The number of fused-ring (bicyclic) bond motifs is 1. The Morgan fingerprint density at radius 2 is 1.59 bits per heavy atom. The first-order valence-electron chi connectivity index (χ1n) is 11.4. The Balaban J connectivity index is 2.34. The molecule has 0 fully saturated rings. The first-order chi connectivity index (χ1) is 17.4. The lowest BCUT2D eigenvalue weighted by molar-refractivity contribution is -0.145. The number of carbonyl (C=O) groups is 5. The van der Waals surface area contributed by atoms with Crippen LogP contribution in [0.3, 0.4) is 0 Å². The Morgan fingerprint density at radius 3 is 2.19 bits per heavy atom. The summed E-state index contributed by atoms with van der Waals surface area (Å²) in [7, 11) is 0. The van der Waals surface area contributed by atoms with E-state index in [0.717, 1.165) is 10.9 Å². The standard InChI is InChI=1S/C23H31N5O9/c1-11(30)19(23(36)37)28-22(35)17(8-12-9-25-15-5-3-2-4-13(12)15)27-21(34)16(6-7-18(31)32)26-20(33)14(24)10-29/h2-5,9,11,14,16-17,19,25,29-30H,6-8,10,24H2,1H3,(H,26,33)(H,27,34)(H,28,35)(H,31,32)(H,36,37). The summed E-state index contributed by atoms with van der Waals surface area (Å²) >= 11 is 0. The number of aliphatic carboxylic acids is 2. The third-order valence-electron chi connectivity index (χ3n) is 5.59. The normalized spacial score (nSPS) is 15.1. The maximum Gasteiger partial charge on any atom is 0.328 e. The van der Waals surface area contributed by atoms with Gasteiger partial charge in [-0.15, -0.1) is 0 Å². The van der Waals surface area contributed by atoms with Crippen LogP contribution in [0.2, 0.25) is 0 Å². The SMILES string of the molecule is CC(O)C(NC(=O)C(Cc1c[nH]c2ccccc12)NC(=O)C(CCC(=O)O)NC(=O)C(N)CO)C(=O)O. The van der Waals surface area contributed by atoms with Gasteiger partial charge in [0.15, 0.2) is 6.04 Å². The van der Waals surface area contributed by atoms with Gasteiger partial charge in [-0.2, -0.15) is 0 Å². The molecular weight excluding hydrogens is 490 g/mol. The van der Waals surface area contributed by atoms with E-state index in [4.69, 9.17) is 15.9 Å². The predicted molar refractivity (Wildman–Crippen MR) is 129 cm³/mol. The summed E-state index contributed by atoms with van der Waals surface area (Å²) in [5, 5.41) is 44.8. The van der Waals surface area contributed by atoms with Crippen molar-refractivity contribution < 1.29 is 44.4 Å². The highest BCUT2D eigenvalue weighted by molar-refractivity contribution is 5.95. The molecule has 0 radical (unpaired) electrons. The lowest BCUT2D eigenvalue weighted by Gasteiger charge is -2.25. The van der Waals surface area contributed by atoms with Crippen LogP contribution in [0.15, 0.2) is 30.5 Å². The maximum atomic E-state index is 13.1. The van der Waals surface area contributed by atoms with E-state index in [1.165, 1.54) is 6.92 Å². The lowest BCUT2D eigenvalue weighted by atomic mass is 10.0. The van der Waals surface area contributed by atoms with Crippen molar-refractivity contribution in [2.24, 2.45) is 5.73 Å². The number of carbonyl (C=O) groups excluding carboxylic acids is 3. The molecular formula is C23H31N5O9. The second-order valence-corrected chi connectivity index (χ2v) is 8.47. The highest BCUT2D eigenvalue weighted by Gasteiger charge is 2.32. The van der Waals surface area contributed by atoms with Crippen molar-refractivity contribution in [3.05, 3.63) is 36.0 Å². The van der Waals surface area contributed by atoms with Crippen LogP contribution in [0, 0.1) is 0 Å². The summed E-state index contributed by atoms with van der Waals surface area (Å²) < 4.78 is 0. The molecule has 0 spiro atoms. The number of aromatic amines is 1. The summed E-state index contributed by atoms with van der Waals surface area (Å²) in [6.45, 7) is 0.453. The molecule has 1 aromatic carbocycles. The molecule has 5 atom stereocenters. The molecule has 0 saturated heterocycles. The summed E-state index contributed by atoms with van der Waals surface area (Å²) in [5.41, 5.74) is 6.82. The number of nitrogens with two attached hydrogens (primary N) is 1. The summed E-state index contributed by atoms with van der Waals surface area (Å²) in [6.07, 6.45) is -0.797. The van der Waals surface area contributed by atoms with E-state index >= 15 is 0 Å². The number of H-pyrrole nitrogens is 1. The van der Waals surface area contributed by atoms with E-state index in [9.17, 15) is 34.2 Å². The second-order valence-electron chi connectivity index (χ2n) is 8.47. The average molecular weight is 522 g/mol.